The molecule has 1 rings (SSSR count). The van der Waals surface area contributed by atoms with Gasteiger partial charge in [0, 0.05) is 25.6 Å². The summed E-state index contributed by atoms with van der Waals surface area (Å²) in [6, 6.07) is 1.87. The highest BCUT2D eigenvalue weighted by Crippen LogP contribution is 2.12. The van der Waals surface area contributed by atoms with Crippen molar-refractivity contribution in [2.24, 2.45) is 0 Å². The number of ether oxygens (including phenoxy) is 1. The van der Waals surface area contributed by atoms with E-state index in [4.69, 9.17) is 4.74 Å². The number of aromatic nitrogens is 2. The number of nitrogens with one attached hydrogen (secondary N) is 1. The highest BCUT2D eigenvalue weighted by Gasteiger charge is 2.04. The van der Waals surface area contributed by atoms with Crippen LogP contribution in [0, 0.1) is 0 Å². The van der Waals surface area contributed by atoms with Crippen LogP contribution in [0.2, 0.25) is 0 Å². The topological polar surface area (TPSA) is 47.0 Å². The Morgan fingerprint density at radius 3 is 2.81 bits per heavy atom. The lowest BCUT2D eigenvalue weighted by Gasteiger charge is -2.13. The van der Waals surface area contributed by atoms with Crippen molar-refractivity contribution >= 4 is 21.7 Å². The second kappa shape index (κ2) is 6.81. The Balaban J connectivity index is 2.56. The molecule has 1 unspecified atom stereocenters. The molecule has 0 aromatic carbocycles. The molecule has 1 heterocycles. The van der Waals surface area contributed by atoms with E-state index in [2.05, 4.69) is 31.2 Å². The van der Waals surface area contributed by atoms with Crippen LogP contribution in [-0.4, -0.2) is 29.2 Å². The SMILES string of the molecule is CCOC(C)CNc1cc(Br)nc(CC)n1. The summed E-state index contributed by atoms with van der Waals surface area (Å²) in [5.41, 5.74) is 0. The van der Waals surface area contributed by atoms with Crippen LogP contribution >= 0.6 is 15.9 Å². The molecule has 0 saturated carbocycles. The average molecular weight is 288 g/mol. The van der Waals surface area contributed by atoms with Crippen LogP contribution in [0.5, 0.6) is 0 Å². The number of aryl methyl sites for hydroxylation is 1. The quantitative estimate of drug-likeness (QED) is 0.817. The molecule has 90 valence electrons. The van der Waals surface area contributed by atoms with Gasteiger partial charge in [-0.25, -0.2) is 9.97 Å². The van der Waals surface area contributed by atoms with E-state index < -0.39 is 0 Å². The van der Waals surface area contributed by atoms with Crippen molar-refractivity contribution in [3.8, 4) is 0 Å². The normalized spacial score (nSPS) is 12.5. The zero-order valence-electron chi connectivity index (χ0n) is 9.96. The lowest BCUT2D eigenvalue weighted by atomic mass is 10.4. The van der Waals surface area contributed by atoms with Gasteiger partial charge in [0.15, 0.2) is 0 Å². The largest absolute Gasteiger partial charge is 0.377 e. The molecule has 0 aliphatic carbocycles. The molecule has 0 saturated heterocycles. The lowest BCUT2D eigenvalue weighted by molar-refractivity contribution is 0.0855. The van der Waals surface area contributed by atoms with E-state index in [1.54, 1.807) is 0 Å². The second-order valence-corrected chi connectivity index (χ2v) is 4.31. The molecule has 0 fully saturated rings. The zero-order valence-corrected chi connectivity index (χ0v) is 11.5. The maximum atomic E-state index is 5.43. The van der Waals surface area contributed by atoms with Crippen LogP contribution < -0.4 is 5.32 Å². The first-order chi connectivity index (χ1) is 7.65. The predicted molar refractivity (Wildman–Crippen MR) is 68.7 cm³/mol. The van der Waals surface area contributed by atoms with E-state index in [1.165, 1.54) is 0 Å². The van der Waals surface area contributed by atoms with E-state index >= 15 is 0 Å². The molecule has 0 radical (unpaired) electrons. The molecule has 5 heteroatoms. The number of halogens is 1. The summed E-state index contributed by atoms with van der Waals surface area (Å²) in [6.07, 6.45) is 1.01. The zero-order chi connectivity index (χ0) is 12.0. The smallest absolute Gasteiger partial charge is 0.131 e. The van der Waals surface area contributed by atoms with Crippen LogP contribution in [0.4, 0.5) is 5.82 Å². The summed E-state index contributed by atoms with van der Waals surface area (Å²) >= 11 is 3.37. The maximum Gasteiger partial charge on any atom is 0.131 e. The number of anilines is 1. The van der Waals surface area contributed by atoms with Gasteiger partial charge >= 0.3 is 0 Å². The Kier molecular flexibility index (Phi) is 5.69. The molecule has 16 heavy (non-hydrogen) atoms. The molecule has 0 spiro atoms. The molecule has 0 amide bonds. The van der Waals surface area contributed by atoms with Crippen molar-refractivity contribution in [3.63, 3.8) is 0 Å². The fraction of sp³-hybridized carbons (Fsp3) is 0.636. The summed E-state index contributed by atoms with van der Waals surface area (Å²) in [6.45, 7) is 7.55. The summed E-state index contributed by atoms with van der Waals surface area (Å²) in [5.74, 6) is 1.67. The first-order valence-electron chi connectivity index (χ1n) is 5.54. The number of nitrogens with zero attached hydrogens (tertiary/aromatic N) is 2. The van der Waals surface area contributed by atoms with E-state index in [0.717, 1.165) is 35.8 Å². The third-order valence-corrected chi connectivity index (χ3v) is 2.49. The minimum Gasteiger partial charge on any atom is -0.377 e. The van der Waals surface area contributed by atoms with Gasteiger partial charge < -0.3 is 10.1 Å². The van der Waals surface area contributed by atoms with Crippen molar-refractivity contribution in [2.45, 2.75) is 33.3 Å². The summed E-state index contributed by atoms with van der Waals surface area (Å²) < 4.78 is 6.24. The van der Waals surface area contributed by atoms with Gasteiger partial charge in [0.25, 0.3) is 0 Å². The minimum atomic E-state index is 0.184. The molecule has 1 aromatic rings. The van der Waals surface area contributed by atoms with Gasteiger partial charge in [-0.1, -0.05) is 6.92 Å². The van der Waals surface area contributed by atoms with Crippen LogP contribution in [0.25, 0.3) is 0 Å². The monoisotopic (exact) mass is 287 g/mol. The van der Waals surface area contributed by atoms with Crippen molar-refractivity contribution in [3.05, 3.63) is 16.5 Å². The molecule has 1 N–H and O–H groups in total. The van der Waals surface area contributed by atoms with Gasteiger partial charge in [-0.2, -0.15) is 0 Å². The van der Waals surface area contributed by atoms with E-state index in [-0.39, 0.29) is 6.10 Å². The van der Waals surface area contributed by atoms with Gasteiger partial charge in [-0.15, -0.1) is 0 Å². The van der Waals surface area contributed by atoms with Crippen LogP contribution in [-0.2, 0) is 11.2 Å². The molecule has 0 aliphatic heterocycles. The van der Waals surface area contributed by atoms with Crippen molar-refractivity contribution < 1.29 is 4.74 Å². The first kappa shape index (κ1) is 13.4. The third kappa shape index (κ3) is 4.45. The summed E-state index contributed by atoms with van der Waals surface area (Å²) in [7, 11) is 0. The Morgan fingerprint density at radius 2 is 2.19 bits per heavy atom. The number of hydrogen-bond acceptors (Lipinski definition) is 4. The first-order valence-corrected chi connectivity index (χ1v) is 6.34. The molecule has 0 bridgehead atoms. The van der Waals surface area contributed by atoms with E-state index in [0.29, 0.717) is 0 Å². The molecule has 1 aromatic heterocycles. The number of rotatable bonds is 6. The Hall–Kier alpha value is -0.680. The fourth-order valence-corrected chi connectivity index (χ4v) is 1.73. The highest BCUT2D eigenvalue weighted by atomic mass is 79.9. The highest BCUT2D eigenvalue weighted by molar-refractivity contribution is 9.10. The summed E-state index contributed by atoms with van der Waals surface area (Å²) in [5, 5.41) is 3.24. The second-order valence-electron chi connectivity index (χ2n) is 3.49. The van der Waals surface area contributed by atoms with E-state index in [9.17, 15) is 0 Å². The molecule has 4 nitrogen and oxygen atoms in total. The number of hydrogen-bond donors (Lipinski definition) is 1. The van der Waals surface area contributed by atoms with Gasteiger partial charge in [0.05, 0.1) is 6.10 Å². The summed E-state index contributed by atoms with van der Waals surface area (Å²) in [4.78, 5) is 8.63. The van der Waals surface area contributed by atoms with Gasteiger partial charge in [0.2, 0.25) is 0 Å². The van der Waals surface area contributed by atoms with Crippen LogP contribution in [0.3, 0.4) is 0 Å². The maximum absolute atomic E-state index is 5.43. The van der Waals surface area contributed by atoms with Crippen LogP contribution in [0.15, 0.2) is 10.7 Å². The van der Waals surface area contributed by atoms with Crippen molar-refractivity contribution in [1.82, 2.24) is 9.97 Å². The van der Waals surface area contributed by atoms with Crippen molar-refractivity contribution in [1.29, 1.82) is 0 Å². The van der Waals surface area contributed by atoms with Gasteiger partial charge in [-0.05, 0) is 29.8 Å². The standard InChI is InChI=1S/C11H18BrN3O/c1-4-10-14-9(12)6-11(15-10)13-7-8(3)16-5-2/h6,8H,4-5,7H2,1-3H3,(H,13,14,15). The van der Waals surface area contributed by atoms with Crippen molar-refractivity contribution in [2.75, 3.05) is 18.5 Å². The fourth-order valence-electron chi connectivity index (χ4n) is 1.31. The van der Waals surface area contributed by atoms with E-state index in [1.807, 2.05) is 26.8 Å². The van der Waals surface area contributed by atoms with Gasteiger partial charge in [0.1, 0.15) is 16.2 Å². The Labute approximate surface area is 105 Å². The average Bonchev–Trinajstić information content (AvgIpc) is 2.26. The molecule has 0 aliphatic rings. The Bertz CT molecular complexity index is 333. The molecular weight excluding hydrogens is 270 g/mol. The van der Waals surface area contributed by atoms with Crippen LogP contribution in [0.1, 0.15) is 26.6 Å². The minimum absolute atomic E-state index is 0.184. The third-order valence-electron chi connectivity index (χ3n) is 2.08. The predicted octanol–water partition coefficient (Wildman–Crippen LogP) is 2.64. The van der Waals surface area contributed by atoms with Gasteiger partial charge in [-0.3, -0.25) is 0 Å². The Morgan fingerprint density at radius 1 is 1.44 bits per heavy atom. The lowest BCUT2D eigenvalue weighted by Crippen LogP contribution is -2.20. The molecule has 1 atom stereocenters. The molecular formula is C11H18BrN3O.